The maximum atomic E-state index is 12.7. The van der Waals surface area contributed by atoms with Crippen molar-refractivity contribution in [1.29, 1.82) is 0 Å². The van der Waals surface area contributed by atoms with Gasteiger partial charge < -0.3 is 15.0 Å². The molecule has 0 aliphatic carbocycles. The minimum absolute atomic E-state index is 0. The highest BCUT2D eigenvalue weighted by atomic mass is 127. The summed E-state index contributed by atoms with van der Waals surface area (Å²) < 4.78 is 32.6. The van der Waals surface area contributed by atoms with Crippen LogP contribution in [0, 0.1) is 0 Å². The van der Waals surface area contributed by atoms with Crippen LogP contribution >= 0.6 is 24.0 Å². The van der Waals surface area contributed by atoms with E-state index in [2.05, 4.69) is 45.6 Å². The molecule has 0 spiro atoms. The summed E-state index contributed by atoms with van der Waals surface area (Å²) in [7, 11) is -1.59. The zero-order chi connectivity index (χ0) is 20.9. The number of hydrogen-bond donors (Lipinski definition) is 1. The quantitative estimate of drug-likeness (QED) is 0.348. The van der Waals surface area contributed by atoms with Gasteiger partial charge in [0.1, 0.15) is 0 Å². The van der Waals surface area contributed by atoms with Gasteiger partial charge in [0.05, 0.1) is 18.0 Å². The van der Waals surface area contributed by atoms with Crippen molar-refractivity contribution in [3.8, 4) is 0 Å². The molecule has 2 aliphatic heterocycles. The average Bonchev–Trinajstić information content (AvgIpc) is 2.71. The fourth-order valence-electron chi connectivity index (χ4n) is 3.89. The van der Waals surface area contributed by atoms with Crippen LogP contribution in [0.5, 0.6) is 0 Å². The molecule has 1 N–H and O–H groups in total. The van der Waals surface area contributed by atoms with Crippen LogP contribution in [0.1, 0.15) is 25.8 Å². The number of sulfonamides is 1. The molecule has 1 saturated heterocycles. The highest BCUT2D eigenvalue weighted by molar-refractivity contribution is 14.0. The summed E-state index contributed by atoms with van der Waals surface area (Å²) in [6, 6.07) is 10.4. The first kappa shape index (κ1) is 25.1. The molecule has 9 heteroatoms. The SMILES string of the molecule is CN=C(NCCS(=O)(=O)N1CC(C)OC(C)C1)N1CC=C(c2ccccc2)CC1.I. The van der Waals surface area contributed by atoms with Crippen molar-refractivity contribution >= 4 is 45.5 Å². The third-order valence-corrected chi connectivity index (χ3v) is 7.09. The number of morpholine rings is 1. The molecule has 2 atom stereocenters. The Morgan fingerprint density at radius 3 is 2.43 bits per heavy atom. The number of halogens is 1. The van der Waals surface area contributed by atoms with Crippen LogP contribution < -0.4 is 5.32 Å². The van der Waals surface area contributed by atoms with E-state index >= 15 is 0 Å². The summed E-state index contributed by atoms with van der Waals surface area (Å²) in [6.07, 6.45) is 3.01. The molecule has 1 aromatic carbocycles. The van der Waals surface area contributed by atoms with E-state index in [1.54, 1.807) is 11.4 Å². The molecule has 2 unspecified atom stereocenters. The fourth-order valence-corrected chi connectivity index (χ4v) is 5.38. The molecule has 168 valence electrons. The number of hydrogen-bond acceptors (Lipinski definition) is 4. The number of guanidine groups is 1. The standard InChI is InChI=1S/C21H32N4O3S.HI/c1-17-15-25(16-18(2)28-17)29(26,27)14-11-23-21(22-3)24-12-9-20(10-13-24)19-7-5-4-6-8-19;/h4-9,17-18H,10-16H2,1-3H3,(H,22,23);1H. The summed E-state index contributed by atoms with van der Waals surface area (Å²) in [6.45, 7) is 6.60. The van der Waals surface area contributed by atoms with Crippen molar-refractivity contribution in [2.24, 2.45) is 4.99 Å². The Bertz CT molecular complexity index is 835. The molecule has 1 fully saturated rings. The van der Waals surface area contributed by atoms with Gasteiger partial charge in [-0.3, -0.25) is 4.99 Å². The van der Waals surface area contributed by atoms with Crippen LogP contribution in [0.2, 0.25) is 0 Å². The van der Waals surface area contributed by atoms with Crippen LogP contribution in [0.3, 0.4) is 0 Å². The third-order valence-electron chi connectivity index (χ3n) is 5.29. The minimum atomic E-state index is -3.32. The zero-order valence-corrected chi connectivity index (χ0v) is 21.1. The van der Waals surface area contributed by atoms with Gasteiger partial charge in [0.2, 0.25) is 10.0 Å². The molecule has 3 rings (SSSR count). The van der Waals surface area contributed by atoms with Gasteiger partial charge in [0.25, 0.3) is 0 Å². The predicted molar refractivity (Wildman–Crippen MR) is 133 cm³/mol. The monoisotopic (exact) mass is 548 g/mol. The van der Waals surface area contributed by atoms with E-state index < -0.39 is 10.0 Å². The summed E-state index contributed by atoms with van der Waals surface area (Å²) >= 11 is 0. The van der Waals surface area contributed by atoms with Gasteiger partial charge >= 0.3 is 0 Å². The minimum Gasteiger partial charge on any atom is -0.373 e. The van der Waals surface area contributed by atoms with E-state index in [1.807, 2.05) is 19.9 Å². The molecule has 30 heavy (non-hydrogen) atoms. The first-order valence-corrected chi connectivity index (χ1v) is 11.8. The molecule has 1 aromatic rings. The Hall–Kier alpha value is -1.17. The van der Waals surface area contributed by atoms with Crippen molar-refractivity contribution in [3.05, 3.63) is 42.0 Å². The van der Waals surface area contributed by atoms with Crippen molar-refractivity contribution in [3.63, 3.8) is 0 Å². The van der Waals surface area contributed by atoms with Crippen LogP contribution in [-0.2, 0) is 14.8 Å². The highest BCUT2D eigenvalue weighted by Crippen LogP contribution is 2.22. The molecule has 2 heterocycles. The molecule has 7 nitrogen and oxygen atoms in total. The maximum Gasteiger partial charge on any atom is 0.216 e. The summed E-state index contributed by atoms with van der Waals surface area (Å²) in [5, 5.41) is 3.22. The van der Waals surface area contributed by atoms with Gasteiger partial charge in [-0.25, -0.2) is 8.42 Å². The number of aliphatic imine (C=N–C) groups is 1. The molecular weight excluding hydrogens is 515 g/mol. The molecule has 0 radical (unpaired) electrons. The Kier molecular flexibility index (Phi) is 9.58. The maximum absolute atomic E-state index is 12.7. The van der Waals surface area contributed by atoms with E-state index in [4.69, 9.17) is 4.74 Å². The second kappa shape index (κ2) is 11.4. The van der Waals surface area contributed by atoms with Crippen molar-refractivity contribution in [1.82, 2.24) is 14.5 Å². The zero-order valence-electron chi connectivity index (χ0n) is 18.0. The summed E-state index contributed by atoms with van der Waals surface area (Å²) in [5.74, 6) is 0.789. The van der Waals surface area contributed by atoms with Gasteiger partial charge in [-0.15, -0.1) is 24.0 Å². The summed E-state index contributed by atoms with van der Waals surface area (Å²) in [4.78, 5) is 6.49. The van der Waals surface area contributed by atoms with E-state index in [-0.39, 0.29) is 41.9 Å². The van der Waals surface area contributed by atoms with Crippen LogP contribution in [0.4, 0.5) is 0 Å². The average molecular weight is 548 g/mol. The van der Waals surface area contributed by atoms with Gasteiger partial charge in [-0.05, 0) is 31.4 Å². The number of ether oxygens (including phenoxy) is 1. The van der Waals surface area contributed by atoms with Gasteiger partial charge in [-0.2, -0.15) is 4.31 Å². The lowest BCUT2D eigenvalue weighted by atomic mass is 10.00. The lowest BCUT2D eigenvalue weighted by molar-refractivity contribution is -0.0440. The summed E-state index contributed by atoms with van der Waals surface area (Å²) in [5.41, 5.74) is 2.60. The number of nitrogens with zero attached hydrogens (tertiary/aromatic N) is 3. The second-order valence-electron chi connectivity index (χ2n) is 7.66. The van der Waals surface area contributed by atoms with E-state index in [1.165, 1.54) is 11.1 Å². The second-order valence-corrected chi connectivity index (χ2v) is 9.74. The van der Waals surface area contributed by atoms with Gasteiger partial charge in [0.15, 0.2) is 5.96 Å². The largest absolute Gasteiger partial charge is 0.373 e. The van der Waals surface area contributed by atoms with Crippen molar-refractivity contribution < 1.29 is 13.2 Å². The normalized spacial score (nSPS) is 23.5. The lowest BCUT2D eigenvalue weighted by Gasteiger charge is -2.34. The molecule has 0 bridgehead atoms. The Morgan fingerprint density at radius 1 is 1.20 bits per heavy atom. The Labute approximate surface area is 197 Å². The topological polar surface area (TPSA) is 74.2 Å². The molecular formula is C21H33IN4O3S. The smallest absolute Gasteiger partial charge is 0.216 e. The molecule has 2 aliphatic rings. The third kappa shape index (κ3) is 6.66. The molecule has 0 saturated carbocycles. The lowest BCUT2D eigenvalue weighted by Crippen LogP contribution is -2.50. The Balaban J connectivity index is 0.00000320. The number of benzene rings is 1. The molecule has 0 aromatic heterocycles. The Morgan fingerprint density at radius 2 is 1.87 bits per heavy atom. The first-order chi connectivity index (χ1) is 13.9. The van der Waals surface area contributed by atoms with Crippen LogP contribution in [0.25, 0.3) is 5.57 Å². The molecule has 0 amide bonds. The van der Waals surface area contributed by atoms with E-state index in [9.17, 15) is 8.42 Å². The number of nitrogens with one attached hydrogen (secondary N) is 1. The van der Waals surface area contributed by atoms with Crippen LogP contribution in [-0.4, -0.2) is 81.3 Å². The van der Waals surface area contributed by atoms with E-state index in [0.29, 0.717) is 19.6 Å². The van der Waals surface area contributed by atoms with Crippen molar-refractivity contribution in [2.45, 2.75) is 32.5 Å². The van der Waals surface area contributed by atoms with Gasteiger partial charge in [-0.1, -0.05) is 36.4 Å². The van der Waals surface area contributed by atoms with E-state index in [0.717, 1.165) is 25.5 Å². The number of rotatable bonds is 5. The van der Waals surface area contributed by atoms with Crippen molar-refractivity contribution in [2.75, 3.05) is 45.5 Å². The fraction of sp³-hybridized carbons (Fsp3) is 0.571. The van der Waals surface area contributed by atoms with Crippen LogP contribution in [0.15, 0.2) is 41.4 Å². The first-order valence-electron chi connectivity index (χ1n) is 10.2. The highest BCUT2D eigenvalue weighted by Gasteiger charge is 2.30. The predicted octanol–water partition coefficient (Wildman–Crippen LogP) is 2.41. The van der Waals surface area contributed by atoms with Gasteiger partial charge in [0, 0.05) is 39.8 Å².